The summed E-state index contributed by atoms with van der Waals surface area (Å²) in [4.78, 5) is 28.4. The van der Waals surface area contributed by atoms with Crippen molar-refractivity contribution >= 4 is 18.0 Å². The molecule has 2 amide bonds. The van der Waals surface area contributed by atoms with Crippen molar-refractivity contribution in [3.63, 3.8) is 0 Å². The predicted octanol–water partition coefficient (Wildman–Crippen LogP) is 2.19. The van der Waals surface area contributed by atoms with Crippen molar-refractivity contribution in [2.45, 2.75) is 75.9 Å². The molecular formula is C22H32N4O3. The van der Waals surface area contributed by atoms with Crippen LogP contribution in [-0.4, -0.2) is 64.3 Å². The third-order valence-electron chi connectivity index (χ3n) is 7.90. The maximum absolute atomic E-state index is 13.4. The molecule has 0 spiro atoms. The Morgan fingerprint density at radius 3 is 2.45 bits per heavy atom. The Hall–Kier alpha value is -2.05. The first-order valence-electron chi connectivity index (χ1n) is 11.2. The van der Waals surface area contributed by atoms with E-state index in [1.54, 1.807) is 23.2 Å². The van der Waals surface area contributed by atoms with Gasteiger partial charge in [0.25, 0.3) is 11.8 Å². The molecule has 29 heavy (non-hydrogen) atoms. The van der Waals surface area contributed by atoms with Crippen molar-refractivity contribution in [1.82, 2.24) is 15.2 Å². The average molecular weight is 401 g/mol. The Labute approximate surface area is 172 Å². The Balaban J connectivity index is 1.43. The Kier molecular flexibility index (Phi) is 4.40. The second-order valence-corrected chi connectivity index (χ2v) is 10.0. The van der Waals surface area contributed by atoms with Gasteiger partial charge in [0.05, 0.1) is 6.04 Å². The number of hydrazone groups is 1. The summed E-state index contributed by atoms with van der Waals surface area (Å²) >= 11 is 0. The minimum atomic E-state index is -0.471. The van der Waals surface area contributed by atoms with E-state index in [0.29, 0.717) is 24.3 Å². The smallest absolute Gasteiger partial charge is 0.263 e. The van der Waals surface area contributed by atoms with E-state index in [4.69, 9.17) is 0 Å². The quantitative estimate of drug-likeness (QED) is 0.693. The molecule has 158 valence electrons. The molecule has 7 nitrogen and oxygen atoms in total. The van der Waals surface area contributed by atoms with Gasteiger partial charge >= 0.3 is 0 Å². The minimum Gasteiger partial charge on any atom is -0.509 e. The molecule has 0 aromatic carbocycles. The lowest BCUT2D eigenvalue weighted by Crippen LogP contribution is -2.62. The molecule has 6 aliphatic rings. The van der Waals surface area contributed by atoms with Crippen molar-refractivity contribution in [3.8, 4) is 0 Å². The topological polar surface area (TPSA) is 85.2 Å². The van der Waals surface area contributed by atoms with Crippen LogP contribution in [0.4, 0.5) is 0 Å². The molecule has 4 aliphatic carbocycles. The lowest BCUT2D eigenvalue weighted by molar-refractivity contribution is -0.135. The number of amides is 2. The third-order valence-corrected chi connectivity index (χ3v) is 7.90. The number of nitrogens with zero attached hydrogens (tertiary/aromatic N) is 3. The van der Waals surface area contributed by atoms with Gasteiger partial charge in [-0.15, -0.1) is 0 Å². The van der Waals surface area contributed by atoms with Gasteiger partial charge < -0.3 is 15.3 Å². The van der Waals surface area contributed by atoms with Crippen LogP contribution >= 0.6 is 0 Å². The highest BCUT2D eigenvalue weighted by Gasteiger charge is 2.53. The van der Waals surface area contributed by atoms with Crippen LogP contribution in [0.2, 0.25) is 0 Å². The second kappa shape index (κ2) is 6.74. The maximum Gasteiger partial charge on any atom is 0.263 e. The molecule has 0 aromatic rings. The molecule has 0 aromatic heterocycles. The van der Waals surface area contributed by atoms with Crippen molar-refractivity contribution in [2.24, 2.45) is 22.9 Å². The van der Waals surface area contributed by atoms with E-state index >= 15 is 0 Å². The molecule has 2 atom stereocenters. The lowest BCUT2D eigenvalue weighted by Gasteiger charge is -2.57. The van der Waals surface area contributed by atoms with Crippen LogP contribution in [0.5, 0.6) is 0 Å². The Bertz CT molecular complexity index is 754. The number of rotatable bonds is 5. The number of fused-ring (bicyclic) bond motifs is 1. The zero-order chi connectivity index (χ0) is 20.3. The summed E-state index contributed by atoms with van der Waals surface area (Å²) in [6.07, 6.45) is 10.4. The van der Waals surface area contributed by atoms with E-state index in [1.165, 1.54) is 19.3 Å². The first kappa shape index (κ1) is 18.9. The lowest BCUT2D eigenvalue weighted by atomic mass is 9.53. The molecule has 2 aliphatic heterocycles. The molecule has 4 bridgehead atoms. The van der Waals surface area contributed by atoms with E-state index in [-0.39, 0.29) is 28.8 Å². The van der Waals surface area contributed by atoms with Crippen LogP contribution in [0.25, 0.3) is 0 Å². The van der Waals surface area contributed by atoms with Gasteiger partial charge in [-0.05, 0) is 62.7 Å². The second-order valence-electron chi connectivity index (χ2n) is 10.0. The SMILES string of the molecule is CCCCN1C(=O)C(C(=O)NC23CC4CC(CC(C4)C2)C3)=C(O)C2C1C=NN2C. The number of aliphatic hydroxyl groups excluding tert-OH is 1. The molecule has 7 heteroatoms. The Morgan fingerprint density at radius 2 is 1.86 bits per heavy atom. The van der Waals surface area contributed by atoms with Gasteiger partial charge in [0.1, 0.15) is 17.4 Å². The van der Waals surface area contributed by atoms with Gasteiger partial charge in [0.15, 0.2) is 0 Å². The van der Waals surface area contributed by atoms with E-state index in [2.05, 4.69) is 17.3 Å². The summed E-state index contributed by atoms with van der Waals surface area (Å²) in [6.45, 7) is 2.65. The molecule has 6 rings (SSSR count). The largest absolute Gasteiger partial charge is 0.509 e. The van der Waals surface area contributed by atoms with Crippen molar-refractivity contribution < 1.29 is 14.7 Å². The Morgan fingerprint density at radius 1 is 1.24 bits per heavy atom. The fourth-order valence-electron chi connectivity index (χ4n) is 7.03. The fraction of sp³-hybridized carbons (Fsp3) is 0.773. The van der Waals surface area contributed by atoms with Gasteiger partial charge in [-0.3, -0.25) is 14.6 Å². The number of hydrogen-bond acceptors (Lipinski definition) is 5. The standard InChI is InChI=1S/C22H32N4O3/c1-3-4-5-26-16-12-23-25(2)18(16)19(27)17(21(26)29)20(28)24-22-9-13-6-14(10-22)8-15(7-13)11-22/h12-16,18,27H,3-11H2,1-2H3,(H,24,28). The zero-order valence-corrected chi connectivity index (χ0v) is 17.4. The van der Waals surface area contributed by atoms with Crippen LogP contribution < -0.4 is 5.32 Å². The highest BCUT2D eigenvalue weighted by atomic mass is 16.3. The maximum atomic E-state index is 13.4. The van der Waals surface area contributed by atoms with Crippen LogP contribution in [0.3, 0.4) is 0 Å². The molecule has 2 heterocycles. The average Bonchev–Trinajstić information content (AvgIpc) is 3.02. The summed E-state index contributed by atoms with van der Waals surface area (Å²) in [6, 6.07) is -0.781. The zero-order valence-electron chi connectivity index (χ0n) is 17.4. The van der Waals surface area contributed by atoms with Gasteiger partial charge in [-0.2, -0.15) is 5.10 Å². The molecule has 4 saturated carbocycles. The van der Waals surface area contributed by atoms with E-state index in [9.17, 15) is 14.7 Å². The van der Waals surface area contributed by atoms with Crippen LogP contribution in [0, 0.1) is 17.8 Å². The normalized spacial score (nSPS) is 40.1. The minimum absolute atomic E-state index is 0.0737. The van der Waals surface area contributed by atoms with Crippen molar-refractivity contribution in [3.05, 3.63) is 11.3 Å². The summed E-state index contributed by atoms with van der Waals surface area (Å²) < 4.78 is 0. The summed E-state index contributed by atoms with van der Waals surface area (Å²) in [5.41, 5.74) is -0.266. The fourth-order valence-corrected chi connectivity index (χ4v) is 7.03. The summed E-state index contributed by atoms with van der Waals surface area (Å²) in [7, 11) is 1.78. The summed E-state index contributed by atoms with van der Waals surface area (Å²) in [5, 5.41) is 20.2. The number of nitrogens with one attached hydrogen (secondary N) is 1. The number of carbonyl (C=O) groups excluding carboxylic acids is 2. The number of aliphatic hydroxyl groups is 1. The molecule has 2 N–H and O–H groups in total. The molecule has 0 radical (unpaired) electrons. The van der Waals surface area contributed by atoms with Crippen LogP contribution in [0.15, 0.2) is 16.4 Å². The summed E-state index contributed by atoms with van der Waals surface area (Å²) in [5.74, 6) is 1.22. The van der Waals surface area contributed by atoms with Gasteiger partial charge in [0, 0.05) is 25.3 Å². The number of likely N-dealkylation sites (N-methyl/N-ethyl adjacent to an activating group) is 1. The highest BCUT2D eigenvalue weighted by molar-refractivity contribution is 6.20. The number of carbonyl (C=O) groups is 2. The van der Waals surface area contributed by atoms with Gasteiger partial charge in [-0.1, -0.05) is 13.3 Å². The molecular weight excluding hydrogens is 368 g/mol. The van der Waals surface area contributed by atoms with Crippen LogP contribution in [0.1, 0.15) is 58.3 Å². The predicted molar refractivity (Wildman–Crippen MR) is 109 cm³/mol. The van der Waals surface area contributed by atoms with E-state index in [0.717, 1.165) is 32.1 Å². The van der Waals surface area contributed by atoms with Crippen molar-refractivity contribution in [1.29, 1.82) is 0 Å². The third kappa shape index (κ3) is 2.96. The molecule has 4 fully saturated rings. The first-order chi connectivity index (χ1) is 13.9. The highest BCUT2D eigenvalue weighted by Crippen LogP contribution is 2.55. The monoisotopic (exact) mass is 400 g/mol. The van der Waals surface area contributed by atoms with E-state index < -0.39 is 11.9 Å². The van der Waals surface area contributed by atoms with Gasteiger partial charge in [0.2, 0.25) is 0 Å². The van der Waals surface area contributed by atoms with Gasteiger partial charge in [-0.25, -0.2) is 0 Å². The number of unbranched alkanes of at least 4 members (excludes halogenated alkanes) is 1. The number of hydrogen-bond donors (Lipinski definition) is 2. The molecule has 2 unspecified atom stereocenters. The first-order valence-corrected chi connectivity index (χ1v) is 11.2. The molecule has 0 saturated heterocycles. The van der Waals surface area contributed by atoms with Crippen molar-refractivity contribution in [2.75, 3.05) is 13.6 Å². The van der Waals surface area contributed by atoms with Crippen LogP contribution in [-0.2, 0) is 9.59 Å². The van der Waals surface area contributed by atoms with E-state index in [1.807, 2.05) is 0 Å².